The smallest absolute Gasteiger partial charge is 0.119 e. The van der Waals surface area contributed by atoms with E-state index in [0.29, 0.717) is 0 Å². The molecule has 1 atom stereocenters. The van der Waals surface area contributed by atoms with E-state index in [-0.39, 0.29) is 5.92 Å². The Morgan fingerprint density at radius 1 is 0.963 bits per heavy atom. The third-order valence-electron chi connectivity index (χ3n) is 4.66. The first-order valence-electron chi connectivity index (χ1n) is 8.91. The number of benzene rings is 2. The van der Waals surface area contributed by atoms with Crippen molar-refractivity contribution in [1.29, 1.82) is 0 Å². The molecule has 1 aliphatic rings. The van der Waals surface area contributed by atoms with E-state index >= 15 is 0 Å². The first kappa shape index (κ1) is 17.0. The van der Waals surface area contributed by atoms with Gasteiger partial charge in [0.1, 0.15) is 5.75 Å². The summed E-state index contributed by atoms with van der Waals surface area (Å²) in [6.07, 6.45) is 5.76. The second-order valence-corrected chi connectivity index (χ2v) is 6.62. The summed E-state index contributed by atoms with van der Waals surface area (Å²) in [5.74, 6) is 1.02. The zero-order valence-corrected chi connectivity index (χ0v) is 15.4. The van der Waals surface area contributed by atoms with Crippen LogP contribution in [0.15, 0.2) is 71.9 Å². The molecule has 0 spiro atoms. The predicted octanol–water partition coefficient (Wildman–Crippen LogP) is 5.08. The highest BCUT2D eigenvalue weighted by molar-refractivity contribution is 5.87. The van der Waals surface area contributed by atoms with Gasteiger partial charge in [-0.1, -0.05) is 37.3 Å². The van der Waals surface area contributed by atoms with Crippen molar-refractivity contribution in [2.24, 2.45) is 16.6 Å². The molecule has 1 aromatic heterocycles. The first-order valence-corrected chi connectivity index (χ1v) is 8.91. The van der Waals surface area contributed by atoms with Crippen LogP contribution in [-0.4, -0.2) is 18.3 Å². The summed E-state index contributed by atoms with van der Waals surface area (Å²) in [7, 11) is 1.67. The number of hydrogen-bond donors (Lipinski definition) is 1. The molecule has 0 saturated heterocycles. The van der Waals surface area contributed by atoms with Gasteiger partial charge >= 0.3 is 0 Å². The van der Waals surface area contributed by atoms with E-state index in [1.165, 1.54) is 0 Å². The molecule has 0 aliphatic carbocycles. The molecule has 2 aromatic carbocycles. The van der Waals surface area contributed by atoms with Crippen LogP contribution in [0.3, 0.4) is 0 Å². The number of ether oxygens (including phenoxy) is 1. The van der Waals surface area contributed by atoms with E-state index < -0.39 is 0 Å². The molecule has 0 amide bonds. The number of pyridine rings is 1. The number of nitrogens with zero attached hydrogens (tertiary/aromatic N) is 2. The topological polar surface area (TPSA) is 60.5 Å². The van der Waals surface area contributed by atoms with Gasteiger partial charge < -0.3 is 10.5 Å². The van der Waals surface area contributed by atoms with Crippen LogP contribution in [0.5, 0.6) is 5.75 Å². The Bertz CT molecular complexity index is 1050. The Labute approximate surface area is 159 Å². The van der Waals surface area contributed by atoms with Crippen LogP contribution in [0.2, 0.25) is 0 Å². The molecule has 0 saturated carbocycles. The van der Waals surface area contributed by atoms with Crippen LogP contribution in [0, 0.1) is 5.92 Å². The summed E-state index contributed by atoms with van der Waals surface area (Å²) in [6, 6.07) is 18.1. The number of rotatable bonds is 3. The lowest BCUT2D eigenvalue weighted by molar-refractivity contribution is 0.415. The average Bonchev–Trinajstić information content (AvgIpc) is 2.85. The molecule has 134 valence electrons. The maximum atomic E-state index is 6.32. The fourth-order valence-electron chi connectivity index (χ4n) is 3.30. The highest BCUT2D eigenvalue weighted by Crippen LogP contribution is 2.36. The van der Waals surface area contributed by atoms with Gasteiger partial charge in [0.05, 0.1) is 18.5 Å². The van der Waals surface area contributed by atoms with Crippen LogP contribution in [0.1, 0.15) is 12.5 Å². The number of allylic oxidation sites excluding steroid dienone is 1. The minimum atomic E-state index is 0.214. The van der Waals surface area contributed by atoms with Crippen molar-refractivity contribution in [3.63, 3.8) is 0 Å². The molecule has 0 fully saturated rings. The van der Waals surface area contributed by atoms with Crippen molar-refractivity contribution in [1.82, 2.24) is 4.98 Å². The minimum Gasteiger partial charge on any atom is -0.497 e. The van der Waals surface area contributed by atoms with Crippen LogP contribution in [0.4, 0.5) is 5.69 Å². The molecular weight excluding hydrogens is 334 g/mol. The second-order valence-electron chi connectivity index (χ2n) is 6.62. The Morgan fingerprint density at radius 2 is 1.85 bits per heavy atom. The first-order chi connectivity index (χ1) is 13.2. The normalized spacial score (nSPS) is 15.6. The van der Waals surface area contributed by atoms with Crippen molar-refractivity contribution in [2.45, 2.75) is 6.92 Å². The van der Waals surface area contributed by atoms with Gasteiger partial charge in [0.25, 0.3) is 0 Å². The molecular formula is C23H21N3O. The van der Waals surface area contributed by atoms with Gasteiger partial charge in [0, 0.05) is 40.7 Å². The van der Waals surface area contributed by atoms with Gasteiger partial charge in [-0.05, 0) is 35.9 Å². The quantitative estimate of drug-likeness (QED) is 0.713. The van der Waals surface area contributed by atoms with Crippen LogP contribution < -0.4 is 10.5 Å². The summed E-state index contributed by atoms with van der Waals surface area (Å²) in [5.41, 5.74) is 12.9. The molecule has 4 nitrogen and oxygen atoms in total. The monoisotopic (exact) mass is 355 g/mol. The molecule has 1 aliphatic heterocycles. The lowest BCUT2D eigenvalue weighted by Gasteiger charge is -2.12. The van der Waals surface area contributed by atoms with E-state index in [0.717, 1.165) is 45.1 Å². The van der Waals surface area contributed by atoms with E-state index in [2.05, 4.69) is 35.1 Å². The lowest BCUT2D eigenvalue weighted by atomic mass is 9.96. The Morgan fingerprint density at radius 3 is 2.70 bits per heavy atom. The fourth-order valence-corrected chi connectivity index (χ4v) is 3.30. The Hall–Kier alpha value is -3.40. The Kier molecular flexibility index (Phi) is 4.47. The third-order valence-corrected chi connectivity index (χ3v) is 4.66. The molecule has 0 radical (unpaired) electrons. The average molecular weight is 355 g/mol. The molecule has 27 heavy (non-hydrogen) atoms. The number of hydrogen-bond acceptors (Lipinski definition) is 4. The van der Waals surface area contributed by atoms with Crippen molar-refractivity contribution in [2.75, 3.05) is 7.11 Å². The van der Waals surface area contributed by atoms with E-state index in [4.69, 9.17) is 10.5 Å². The number of methoxy groups -OCH3 is 1. The maximum absolute atomic E-state index is 6.32. The summed E-state index contributed by atoms with van der Waals surface area (Å²) in [4.78, 5) is 9.20. The minimum absolute atomic E-state index is 0.214. The molecule has 4 rings (SSSR count). The van der Waals surface area contributed by atoms with Crippen molar-refractivity contribution in [3.05, 3.63) is 72.4 Å². The van der Waals surface area contributed by atoms with E-state index in [1.807, 2.05) is 54.9 Å². The standard InChI is InChI=1S/C23H21N3O/c1-15-11-21(24)20-13-16(8-9-22(20)26-14-15)19-7-4-10-25-23(19)17-5-3-6-18(12-17)27-2/h3-15H,24H2,1-2H3. The van der Waals surface area contributed by atoms with E-state index in [9.17, 15) is 0 Å². The molecule has 2 heterocycles. The lowest BCUT2D eigenvalue weighted by Crippen LogP contribution is -1.99. The highest BCUT2D eigenvalue weighted by atomic mass is 16.5. The van der Waals surface area contributed by atoms with Crippen LogP contribution in [0.25, 0.3) is 28.1 Å². The third kappa shape index (κ3) is 3.34. The second kappa shape index (κ2) is 7.08. The summed E-state index contributed by atoms with van der Waals surface area (Å²) >= 11 is 0. The summed E-state index contributed by atoms with van der Waals surface area (Å²) in [5, 5.41) is 0. The van der Waals surface area contributed by atoms with Crippen molar-refractivity contribution >= 4 is 17.6 Å². The van der Waals surface area contributed by atoms with Gasteiger partial charge in [0.15, 0.2) is 0 Å². The van der Waals surface area contributed by atoms with Gasteiger partial charge in [-0.3, -0.25) is 9.98 Å². The van der Waals surface area contributed by atoms with Gasteiger partial charge in [-0.15, -0.1) is 0 Å². The molecule has 3 aromatic rings. The molecule has 0 bridgehead atoms. The van der Waals surface area contributed by atoms with Crippen molar-refractivity contribution < 1.29 is 4.74 Å². The molecule has 4 heteroatoms. The van der Waals surface area contributed by atoms with Crippen LogP contribution >= 0.6 is 0 Å². The zero-order chi connectivity index (χ0) is 18.8. The number of aromatic nitrogens is 1. The number of nitrogens with two attached hydrogens (primary N) is 1. The summed E-state index contributed by atoms with van der Waals surface area (Å²) in [6.45, 7) is 2.07. The van der Waals surface area contributed by atoms with E-state index in [1.54, 1.807) is 7.11 Å². The Balaban J connectivity index is 1.85. The van der Waals surface area contributed by atoms with Crippen molar-refractivity contribution in [3.8, 4) is 28.1 Å². The largest absolute Gasteiger partial charge is 0.497 e. The predicted molar refractivity (Wildman–Crippen MR) is 111 cm³/mol. The zero-order valence-electron chi connectivity index (χ0n) is 15.4. The van der Waals surface area contributed by atoms with Gasteiger partial charge in [-0.25, -0.2) is 0 Å². The van der Waals surface area contributed by atoms with Gasteiger partial charge in [-0.2, -0.15) is 0 Å². The number of aliphatic imine (C=N–C) groups is 1. The van der Waals surface area contributed by atoms with Crippen LogP contribution in [-0.2, 0) is 0 Å². The highest BCUT2D eigenvalue weighted by Gasteiger charge is 2.14. The SMILES string of the molecule is COc1cccc(-c2ncccc2-c2ccc3c(c2)C(N)=CC(C)C=N3)c1. The number of fused-ring (bicyclic) bond motifs is 1. The van der Waals surface area contributed by atoms with Gasteiger partial charge in [0.2, 0.25) is 0 Å². The molecule has 1 unspecified atom stereocenters. The maximum Gasteiger partial charge on any atom is 0.119 e. The molecule has 2 N–H and O–H groups in total. The summed E-state index contributed by atoms with van der Waals surface area (Å²) < 4.78 is 5.37. The fraction of sp³-hybridized carbons (Fsp3) is 0.130.